The van der Waals surface area contributed by atoms with Gasteiger partial charge in [-0.15, -0.1) is 5.10 Å². The fourth-order valence-corrected chi connectivity index (χ4v) is 2.86. The van der Waals surface area contributed by atoms with Gasteiger partial charge in [-0.3, -0.25) is 0 Å². The molecule has 2 rings (SSSR count). The predicted molar refractivity (Wildman–Crippen MR) is 80.7 cm³/mol. The number of hydrogen-bond donors (Lipinski definition) is 2. The van der Waals surface area contributed by atoms with Crippen LogP contribution in [0.1, 0.15) is 71.2 Å². The van der Waals surface area contributed by atoms with E-state index in [4.69, 9.17) is 4.42 Å². The van der Waals surface area contributed by atoms with Gasteiger partial charge in [-0.05, 0) is 45.6 Å². The standard InChI is InChI=1S/C15H28N4O/c1-4-10-16-12(3)14-18-19-15(20-14)17-11(2)13-8-6-5-7-9-13/h11-13,16H,4-10H2,1-3H3,(H,17,19). The largest absolute Gasteiger partial charge is 0.406 e. The van der Waals surface area contributed by atoms with Crippen molar-refractivity contribution < 1.29 is 4.42 Å². The van der Waals surface area contributed by atoms with Crippen molar-refractivity contribution in [1.82, 2.24) is 15.5 Å². The Morgan fingerprint density at radius 2 is 1.95 bits per heavy atom. The van der Waals surface area contributed by atoms with Crippen LogP contribution >= 0.6 is 0 Å². The smallest absolute Gasteiger partial charge is 0.315 e. The number of aromatic nitrogens is 2. The van der Waals surface area contributed by atoms with E-state index in [9.17, 15) is 0 Å². The minimum Gasteiger partial charge on any atom is -0.406 e. The van der Waals surface area contributed by atoms with E-state index in [0.29, 0.717) is 17.9 Å². The summed E-state index contributed by atoms with van der Waals surface area (Å²) in [5.41, 5.74) is 0. The topological polar surface area (TPSA) is 63.0 Å². The summed E-state index contributed by atoms with van der Waals surface area (Å²) in [6, 6.07) is 1.08. The molecule has 20 heavy (non-hydrogen) atoms. The second-order valence-electron chi connectivity index (χ2n) is 5.95. The first-order valence-corrected chi connectivity index (χ1v) is 8.04. The van der Waals surface area contributed by atoms with Crippen molar-refractivity contribution in [3.05, 3.63) is 5.89 Å². The van der Waals surface area contributed by atoms with Crippen LogP contribution in [0.25, 0.3) is 0 Å². The van der Waals surface area contributed by atoms with E-state index in [2.05, 4.69) is 41.6 Å². The second-order valence-corrected chi connectivity index (χ2v) is 5.95. The monoisotopic (exact) mass is 280 g/mol. The predicted octanol–water partition coefficient (Wildman–Crippen LogP) is 3.51. The summed E-state index contributed by atoms with van der Waals surface area (Å²) in [7, 11) is 0. The number of anilines is 1. The molecule has 1 aromatic heterocycles. The van der Waals surface area contributed by atoms with Crippen LogP contribution in [0, 0.1) is 5.92 Å². The molecule has 114 valence electrons. The molecule has 2 unspecified atom stereocenters. The van der Waals surface area contributed by atoms with Gasteiger partial charge in [-0.1, -0.05) is 31.3 Å². The summed E-state index contributed by atoms with van der Waals surface area (Å²) >= 11 is 0. The van der Waals surface area contributed by atoms with Gasteiger partial charge in [0.25, 0.3) is 0 Å². The van der Waals surface area contributed by atoms with Crippen molar-refractivity contribution in [2.75, 3.05) is 11.9 Å². The lowest BCUT2D eigenvalue weighted by atomic mass is 9.85. The van der Waals surface area contributed by atoms with Gasteiger partial charge in [0.15, 0.2) is 0 Å². The van der Waals surface area contributed by atoms with Gasteiger partial charge in [0.2, 0.25) is 5.89 Å². The minimum atomic E-state index is 0.114. The van der Waals surface area contributed by atoms with Gasteiger partial charge in [0, 0.05) is 6.04 Å². The summed E-state index contributed by atoms with van der Waals surface area (Å²) in [5, 5.41) is 15.0. The average Bonchev–Trinajstić information content (AvgIpc) is 2.94. The fourth-order valence-electron chi connectivity index (χ4n) is 2.86. The maximum Gasteiger partial charge on any atom is 0.315 e. The number of nitrogens with zero attached hydrogens (tertiary/aromatic N) is 2. The van der Waals surface area contributed by atoms with E-state index in [1.807, 2.05) is 0 Å². The first-order valence-electron chi connectivity index (χ1n) is 8.04. The quantitative estimate of drug-likeness (QED) is 0.800. The van der Waals surface area contributed by atoms with Gasteiger partial charge in [0.1, 0.15) is 0 Å². The maximum atomic E-state index is 5.71. The molecule has 0 amide bonds. The van der Waals surface area contributed by atoms with Crippen LogP contribution in [-0.4, -0.2) is 22.8 Å². The van der Waals surface area contributed by atoms with E-state index in [-0.39, 0.29) is 6.04 Å². The van der Waals surface area contributed by atoms with Crippen LogP contribution < -0.4 is 10.6 Å². The molecular formula is C15H28N4O. The Morgan fingerprint density at radius 1 is 1.20 bits per heavy atom. The van der Waals surface area contributed by atoms with E-state index >= 15 is 0 Å². The number of rotatable bonds is 7. The molecule has 1 fully saturated rings. The Kier molecular flexibility index (Phi) is 5.83. The van der Waals surface area contributed by atoms with Crippen molar-refractivity contribution >= 4 is 6.01 Å². The van der Waals surface area contributed by atoms with Crippen LogP contribution in [0.3, 0.4) is 0 Å². The third-order valence-corrected chi connectivity index (χ3v) is 4.22. The second kappa shape index (κ2) is 7.62. The highest BCUT2D eigenvalue weighted by Gasteiger charge is 2.22. The zero-order valence-corrected chi connectivity index (χ0v) is 13.0. The highest BCUT2D eigenvalue weighted by atomic mass is 16.4. The summed E-state index contributed by atoms with van der Waals surface area (Å²) < 4.78 is 5.71. The Balaban J connectivity index is 1.85. The van der Waals surface area contributed by atoms with Crippen LogP contribution in [-0.2, 0) is 0 Å². The highest BCUT2D eigenvalue weighted by Crippen LogP contribution is 2.28. The third-order valence-electron chi connectivity index (χ3n) is 4.22. The lowest BCUT2D eigenvalue weighted by molar-refractivity contribution is 0.323. The SMILES string of the molecule is CCCNC(C)c1nnc(NC(C)C2CCCCC2)o1. The molecule has 2 atom stereocenters. The molecule has 1 aliphatic carbocycles. The van der Waals surface area contributed by atoms with E-state index < -0.39 is 0 Å². The van der Waals surface area contributed by atoms with Crippen molar-refractivity contribution in [2.45, 2.75) is 71.4 Å². The van der Waals surface area contributed by atoms with Gasteiger partial charge >= 0.3 is 6.01 Å². The molecular weight excluding hydrogens is 252 g/mol. The summed E-state index contributed by atoms with van der Waals surface area (Å²) in [4.78, 5) is 0. The molecule has 1 aromatic rings. The fraction of sp³-hybridized carbons (Fsp3) is 0.867. The zero-order valence-electron chi connectivity index (χ0n) is 13.0. The van der Waals surface area contributed by atoms with E-state index in [0.717, 1.165) is 18.9 Å². The minimum absolute atomic E-state index is 0.114. The summed E-state index contributed by atoms with van der Waals surface area (Å²) in [5.74, 6) is 1.39. The van der Waals surface area contributed by atoms with Crippen molar-refractivity contribution in [3.63, 3.8) is 0 Å². The number of hydrogen-bond acceptors (Lipinski definition) is 5. The Hall–Kier alpha value is -1.10. The van der Waals surface area contributed by atoms with Crippen LogP contribution in [0.4, 0.5) is 6.01 Å². The molecule has 1 heterocycles. The lowest BCUT2D eigenvalue weighted by Gasteiger charge is -2.27. The molecule has 0 bridgehead atoms. The van der Waals surface area contributed by atoms with Crippen LogP contribution in [0.15, 0.2) is 4.42 Å². The third kappa shape index (κ3) is 4.20. The number of nitrogens with one attached hydrogen (secondary N) is 2. The van der Waals surface area contributed by atoms with Crippen molar-refractivity contribution in [3.8, 4) is 0 Å². The molecule has 1 aliphatic rings. The Bertz CT molecular complexity index is 387. The molecule has 0 radical (unpaired) electrons. The average molecular weight is 280 g/mol. The molecule has 0 aromatic carbocycles. The Labute approximate surface area is 121 Å². The molecule has 0 saturated heterocycles. The molecule has 5 heteroatoms. The molecule has 0 spiro atoms. The zero-order chi connectivity index (χ0) is 14.4. The lowest BCUT2D eigenvalue weighted by Crippen LogP contribution is -2.27. The van der Waals surface area contributed by atoms with Gasteiger partial charge < -0.3 is 15.1 Å². The summed E-state index contributed by atoms with van der Waals surface area (Å²) in [6.07, 6.45) is 7.80. The first-order chi connectivity index (χ1) is 9.70. The van der Waals surface area contributed by atoms with Crippen molar-refractivity contribution in [2.24, 2.45) is 5.92 Å². The molecule has 5 nitrogen and oxygen atoms in total. The Morgan fingerprint density at radius 3 is 2.65 bits per heavy atom. The van der Waals surface area contributed by atoms with Crippen LogP contribution in [0.5, 0.6) is 0 Å². The highest BCUT2D eigenvalue weighted by molar-refractivity contribution is 5.20. The molecule has 2 N–H and O–H groups in total. The van der Waals surface area contributed by atoms with E-state index in [1.54, 1.807) is 0 Å². The molecule has 1 saturated carbocycles. The maximum absolute atomic E-state index is 5.71. The normalized spacial score (nSPS) is 19.8. The summed E-state index contributed by atoms with van der Waals surface area (Å²) in [6.45, 7) is 7.38. The van der Waals surface area contributed by atoms with Crippen molar-refractivity contribution in [1.29, 1.82) is 0 Å². The first kappa shape index (κ1) is 15.3. The van der Waals surface area contributed by atoms with Crippen LogP contribution in [0.2, 0.25) is 0 Å². The van der Waals surface area contributed by atoms with Gasteiger partial charge in [-0.25, -0.2) is 0 Å². The molecule has 0 aliphatic heterocycles. The van der Waals surface area contributed by atoms with Gasteiger partial charge in [0.05, 0.1) is 6.04 Å². The van der Waals surface area contributed by atoms with E-state index in [1.165, 1.54) is 32.1 Å². The van der Waals surface area contributed by atoms with Gasteiger partial charge in [-0.2, -0.15) is 0 Å².